The van der Waals surface area contributed by atoms with Crippen molar-refractivity contribution < 1.29 is 0 Å². The second kappa shape index (κ2) is 6.33. The summed E-state index contributed by atoms with van der Waals surface area (Å²) in [7, 11) is 0. The van der Waals surface area contributed by atoms with E-state index in [2.05, 4.69) is 40.4 Å². The first-order chi connectivity index (χ1) is 9.76. The zero-order valence-electron chi connectivity index (χ0n) is 11.7. The molecular formula is C16H19ClN2S. The highest BCUT2D eigenvalue weighted by Crippen LogP contribution is 2.26. The molecule has 0 spiro atoms. The number of rotatable bonds is 3. The van der Waals surface area contributed by atoms with Crippen LogP contribution in [-0.2, 0) is 6.54 Å². The second-order valence-electron chi connectivity index (χ2n) is 5.33. The molecule has 2 heterocycles. The van der Waals surface area contributed by atoms with Gasteiger partial charge in [-0.15, -0.1) is 11.8 Å². The Bertz CT molecular complexity index is 609. The van der Waals surface area contributed by atoms with Crippen LogP contribution in [0.4, 0.5) is 0 Å². The van der Waals surface area contributed by atoms with E-state index in [9.17, 15) is 0 Å². The molecule has 1 aromatic carbocycles. The van der Waals surface area contributed by atoms with E-state index in [1.807, 2.05) is 0 Å². The first-order valence-electron chi connectivity index (χ1n) is 7.12. The van der Waals surface area contributed by atoms with Crippen molar-refractivity contribution in [1.82, 2.24) is 9.88 Å². The van der Waals surface area contributed by atoms with Gasteiger partial charge in [0.05, 0.1) is 5.52 Å². The maximum absolute atomic E-state index is 6.35. The Hall–Kier alpha value is -0.770. The molecule has 2 nitrogen and oxygen atoms in total. The van der Waals surface area contributed by atoms with Gasteiger partial charge in [0.15, 0.2) is 0 Å². The van der Waals surface area contributed by atoms with Crippen molar-refractivity contribution in [2.45, 2.75) is 30.7 Å². The van der Waals surface area contributed by atoms with Gasteiger partial charge in [-0.05, 0) is 56.5 Å². The highest BCUT2D eigenvalue weighted by Gasteiger charge is 2.13. The van der Waals surface area contributed by atoms with Gasteiger partial charge in [-0.3, -0.25) is 4.90 Å². The molecular weight excluding hydrogens is 288 g/mol. The number of nitrogens with zero attached hydrogens (tertiary/aromatic N) is 2. The standard InChI is InChI=1S/C16H19ClN2S/c1-20-14-5-6-15-12(10-14)9-13(16(17)18-15)11-19-7-3-2-4-8-19/h5-6,9-10H,2-4,7-8,11H2,1H3. The SMILES string of the molecule is CSc1ccc2nc(Cl)c(CN3CCCCC3)cc2c1. The van der Waals surface area contributed by atoms with E-state index < -0.39 is 0 Å². The van der Waals surface area contributed by atoms with Crippen LogP contribution in [-0.4, -0.2) is 29.2 Å². The van der Waals surface area contributed by atoms with Gasteiger partial charge in [0.1, 0.15) is 5.15 Å². The largest absolute Gasteiger partial charge is 0.299 e. The van der Waals surface area contributed by atoms with Crippen LogP contribution in [0.25, 0.3) is 10.9 Å². The smallest absolute Gasteiger partial charge is 0.134 e. The Balaban J connectivity index is 1.91. The van der Waals surface area contributed by atoms with Crippen molar-refractivity contribution in [3.05, 3.63) is 35.0 Å². The van der Waals surface area contributed by atoms with Gasteiger partial charge in [-0.25, -0.2) is 4.98 Å². The average molecular weight is 307 g/mol. The number of benzene rings is 1. The number of thioether (sulfide) groups is 1. The summed E-state index contributed by atoms with van der Waals surface area (Å²) < 4.78 is 0. The van der Waals surface area contributed by atoms with Crippen molar-refractivity contribution in [2.24, 2.45) is 0 Å². The third-order valence-corrected chi connectivity index (χ3v) is 4.94. The van der Waals surface area contributed by atoms with Crippen molar-refractivity contribution in [3.8, 4) is 0 Å². The fourth-order valence-electron chi connectivity index (χ4n) is 2.77. The lowest BCUT2D eigenvalue weighted by atomic mass is 10.1. The molecule has 4 heteroatoms. The van der Waals surface area contributed by atoms with E-state index in [1.54, 1.807) is 11.8 Å². The molecule has 0 radical (unpaired) electrons. The number of hydrogen-bond donors (Lipinski definition) is 0. The number of aromatic nitrogens is 1. The zero-order chi connectivity index (χ0) is 13.9. The van der Waals surface area contributed by atoms with E-state index in [1.165, 1.54) is 42.6 Å². The van der Waals surface area contributed by atoms with E-state index in [0.717, 1.165) is 17.6 Å². The molecule has 106 valence electrons. The summed E-state index contributed by atoms with van der Waals surface area (Å²) in [6, 6.07) is 8.56. The lowest BCUT2D eigenvalue weighted by molar-refractivity contribution is 0.221. The summed E-state index contributed by atoms with van der Waals surface area (Å²) in [5, 5.41) is 1.84. The number of piperidine rings is 1. The molecule has 0 aliphatic carbocycles. The number of hydrogen-bond acceptors (Lipinski definition) is 3. The molecule has 1 aliphatic heterocycles. The topological polar surface area (TPSA) is 16.1 Å². The first kappa shape index (κ1) is 14.2. The number of fused-ring (bicyclic) bond motifs is 1. The van der Waals surface area contributed by atoms with Gasteiger partial charge < -0.3 is 0 Å². The second-order valence-corrected chi connectivity index (χ2v) is 6.57. The third-order valence-electron chi connectivity index (χ3n) is 3.89. The van der Waals surface area contributed by atoms with Crippen LogP contribution >= 0.6 is 23.4 Å². The predicted octanol–water partition coefficient (Wildman–Crippen LogP) is 4.60. The van der Waals surface area contributed by atoms with Crippen LogP contribution < -0.4 is 0 Å². The van der Waals surface area contributed by atoms with E-state index in [-0.39, 0.29) is 0 Å². The van der Waals surface area contributed by atoms with Gasteiger partial charge in [-0.2, -0.15) is 0 Å². The number of pyridine rings is 1. The van der Waals surface area contributed by atoms with Gasteiger partial charge in [0.25, 0.3) is 0 Å². The lowest BCUT2D eigenvalue weighted by Gasteiger charge is -2.26. The summed E-state index contributed by atoms with van der Waals surface area (Å²) in [5.74, 6) is 0. The summed E-state index contributed by atoms with van der Waals surface area (Å²) in [5.41, 5.74) is 2.13. The van der Waals surface area contributed by atoms with Gasteiger partial charge in [0.2, 0.25) is 0 Å². The fourth-order valence-corrected chi connectivity index (χ4v) is 3.43. The van der Waals surface area contributed by atoms with Crippen molar-refractivity contribution in [2.75, 3.05) is 19.3 Å². The van der Waals surface area contributed by atoms with Gasteiger partial charge >= 0.3 is 0 Å². The van der Waals surface area contributed by atoms with Crippen molar-refractivity contribution >= 4 is 34.3 Å². The Morgan fingerprint density at radius 3 is 2.75 bits per heavy atom. The minimum Gasteiger partial charge on any atom is -0.299 e. The molecule has 0 unspecified atom stereocenters. The summed E-state index contributed by atoms with van der Waals surface area (Å²) >= 11 is 8.11. The molecule has 0 atom stereocenters. The van der Waals surface area contributed by atoms with E-state index in [4.69, 9.17) is 11.6 Å². The Morgan fingerprint density at radius 2 is 2.00 bits per heavy atom. The minimum absolute atomic E-state index is 0.653. The number of likely N-dealkylation sites (tertiary alicyclic amines) is 1. The molecule has 2 aromatic rings. The van der Waals surface area contributed by atoms with Gasteiger partial charge in [-0.1, -0.05) is 18.0 Å². The lowest BCUT2D eigenvalue weighted by Crippen LogP contribution is -2.29. The highest BCUT2D eigenvalue weighted by atomic mass is 35.5. The number of halogens is 1. The summed E-state index contributed by atoms with van der Waals surface area (Å²) in [6.07, 6.45) is 6.06. The van der Waals surface area contributed by atoms with Crippen molar-refractivity contribution in [3.63, 3.8) is 0 Å². The van der Waals surface area contributed by atoms with Crippen LogP contribution in [0.5, 0.6) is 0 Å². The van der Waals surface area contributed by atoms with E-state index in [0.29, 0.717) is 5.15 Å². The summed E-state index contributed by atoms with van der Waals surface area (Å²) in [4.78, 5) is 8.30. The third kappa shape index (κ3) is 3.11. The molecule has 20 heavy (non-hydrogen) atoms. The van der Waals surface area contributed by atoms with E-state index >= 15 is 0 Å². The molecule has 0 N–H and O–H groups in total. The monoisotopic (exact) mass is 306 g/mol. The molecule has 1 aromatic heterocycles. The van der Waals surface area contributed by atoms with Crippen LogP contribution in [0, 0.1) is 0 Å². The van der Waals surface area contributed by atoms with Crippen LogP contribution in [0.2, 0.25) is 5.15 Å². The highest BCUT2D eigenvalue weighted by molar-refractivity contribution is 7.98. The molecule has 0 saturated carbocycles. The maximum atomic E-state index is 6.35. The van der Waals surface area contributed by atoms with Gasteiger partial charge in [0, 0.05) is 22.4 Å². The average Bonchev–Trinajstić information content (AvgIpc) is 2.48. The Morgan fingerprint density at radius 1 is 1.20 bits per heavy atom. The van der Waals surface area contributed by atoms with Crippen LogP contribution in [0.3, 0.4) is 0 Å². The molecule has 0 amide bonds. The first-order valence-corrected chi connectivity index (χ1v) is 8.72. The van der Waals surface area contributed by atoms with Crippen LogP contribution in [0.1, 0.15) is 24.8 Å². The Labute approximate surface area is 129 Å². The fraction of sp³-hybridized carbons (Fsp3) is 0.438. The van der Waals surface area contributed by atoms with Crippen molar-refractivity contribution in [1.29, 1.82) is 0 Å². The van der Waals surface area contributed by atoms with Crippen LogP contribution in [0.15, 0.2) is 29.2 Å². The summed E-state index contributed by atoms with van der Waals surface area (Å²) in [6.45, 7) is 3.28. The molecule has 1 aliphatic rings. The molecule has 1 fully saturated rings. The molecule has 0 bridgehead atoms. The maximum Gasteiger partial charge on any atom is 0.134 e. The normalized spacial score (nSPS) is 16.7. The molecule has 1 saturated heterocycles. The predicted molar refractivity (Wildman–Crippen MR) is 87.7 cm³/mol. The Kier molecular flexibility index (Phi) is 4.49. The zero-order valence-corrected chi connectivity index (χ0v) is 13.3. The molecule has 3 rings (SSSR count). The quantitative estimate of drug-likeness (QED) is 0.609. The minimum atomic E-state index is 0.653.